The molecule has 7 heteroatoms. The van der Waals surface area contributed by atoms with E-state index in [9.17, 15) is 9.59 Å². The van der Waals surface area contributed by atoms with Crippen LogP contribution >= 0.6 is 0 Å². The minimum absolute atomic E-state index is 0.201. The molecule has 0 spiro atoms. The van der Waals surface area contributed by atoms with Crippen molar-refractivity contribution in [1.82, 2.24) is 14.9 Å². The Hall–Kier alpha value is -4.00. The van der Waals surface area contributed by atoms with Crippen LogP contribution in [0.1, 0.15) is 39.6 Å². The topological polar surface area (TPSA) is 81.6 Å². The summed E-state index contributed by atoms with van der Waals surface area (Å²) in [6.45, 7) is 0.680. The van der Waals surface area contributed by atoms with Gasteiger partial charge in [-0.1, -0.05) is 48.5 Å². The zero-order chi connectivity index (χ0) is 22.3. The number of rotatable bonds is 5. The van der Waals surface area contributed by atoms with Crippen molar-refractivity contribution in [2.45, 2.75) is 19.1 Å². The molecule has 0 fully saturated rings. The molecule has 2 heterocycles. The van der Waals surface area contributed by atoms with Gasteiger partial charge in [-0.3, -0.25) is 4.90 Å². The van der Waals surface area contributed by atoms with Gasteiger partial charge in [-0.15, -0.1) is 0 Å². The van der Waals surface area contributed by atoms with Gasteiger partial charge >= 0.3 is 12.1 Å². The molecule has 32 heavy (non-hydrogen) atoms. The molecule has 1 aliphatic heterocycles. The van der Waals surface area contributed by atoms with Crippen LogP contribution in [0.15, 0.2) is 79.3 Å². The lowest BCUT2D eigenvalue weighted by Gasteiger charge is -2.34. The maximum atomic E-state index is 13.0. The molecule has 0 saturated heterocycles. The molecule has 0 bridgehead atoms. The Kier molecular flexibility index (Phi) is 6.55. The van der Waals surface area contributed by atoms with Gasteiger partial charge in [0.05, 0.1) is 24.4 Å². The summed E-state index contributed by atoms with van der Waals surface area (Å²) in [6.07, 6.45) is 5.48. The largest absolute Gasteiger partial charge is 0.465 e. The van der Waals surface area contributed by atoms with Gasteiger partial charge in [0.15, 0.2) is 0 Å². The second-order valence-corrected chi connectivity index (χ2v) is 7.33. The monoisotopic (exact) mass is 429 g/mol. The summed E-state index contributed by atoms with van der Waals surface area (Å²) < 4.78 is 10.4. The van der Waals surface area contributed by atoms with Gasteiger partial charge in [0, 0.05) is 12.7 Å². The zero-order valence-corrected chi connectivity index (χ0v) is 17.7. The third kappa shape index (κ3) is 4.83. The average Bonchev–Trinajstić information content (AvgIpc) is 2.87. The molecule has 3 aromatic rings. The first-order valence-electron chi connectivity index (χ1n) is 10.3. The van der Waals surface area contributed by atoms with Crippen LogP contribution in [0.5, 0.6) is 0 Å². The third-order valence-corrected chi connectivity index (χ3v) is 5.34. The van der Waals surface area contributed by atoms with Crippen molar-refractivity contribution in [3.8, 4) is 0 Å². The lowest BCUT2D eigenvalue weighted by atomic mass is 9.94. The average molecular weight is 429 g/mol. The van der Waals surface area contributed by atoms with Crippen molar-refractivity contribution in [3.63, 3.8) is 0 Å². The molecule has 0 radical (unpaired) electrons. The van der Waals surface area contributed by atoms with Gasteiger partial charge < -0.3 is 9.47 Å². The van der Waals surface area contributed by atoms with Crippen molar-refractivity contribution >= 4 is 17.6 Å². The maximum absolute atomic E-state index is 13.0. The maximum Gasteiger partial charge on any atom is 0.410 e. The van der Waals surface area contributed by atoms with E-state index in [1.807, 2.05) is 54.6 Å². The number of ether oxygens (including phenoxy) is 2. The van der Waals surface area contributed by atoms with Crippen LogP contribution in [0.4, 0.5) is 4.79 Å². The molecule has 7 nitrogen and oxygen atoms in total. The number of hydrogen-bond donors (Lipinski definition) is 0. The van der Waals surface area contributed by atoms with Crippen LogP contribution in [0.2, 0.25) is 0 Å². The minimum Gasteiger partial charge on any atom is -0.465 e. The van der Waals surface area contributed by atoms with Crippen LogP contribution < -0.4 is 0 Å². The zero-order valence-electron chi connectivity index (χ0n) is 17.7. The quantitative estimate of drug-likeness (QED) is 0.558. The Labute approximate surface area is 186 Å². The van der Waals surface area contributed by atoms with E-state index in [2.05, 4.69) is 9.97 Å². The van der Waals surface area contributed by atoms with Crippen molar-refractivity contribution in [2.75, 3.05) is 13.7 Å². The van der Waals surface area contributed by atoms with Gasteiger partial charge in [-0.25, -0.2) is 19.6 Å². The first-order chi connectivity index (χ1) is 15.7. The van der Waals surface area contributed by atoms with Gasteiger partial charge in [0.1, 0.15) is 12.9 Å². The molecule has 0 N–H and O–H groups in total. The summed E-state index contributed by atoms with van der Waals surface area (Å²) in [7, 11) is 1.35. The van der Waals surface area contributed by atoms with Crippen LogP contribution in [-0.2, 0) is 16.1 Å². The SMILES string of the molecule is COC(=O)c1ccc([C@@H]2C=C(c3ccncn3)CCN2C(=O)OCc2ccccc2)cc1. The second-order valence-electron chi connectivity index (χ2n) is 7.33. The Balaban J connectivity index is 1.60. The van der Waals surface area contributed by atoms with E-state index in [1.54, 1.807) is 23.2 Å². The molecular formula is C25H23N3O4. The number of nitrogens with zero attached hydrogens (tertiary/aromatic N) is 3. The lowest BCUT2D eigenvalue weighted by Crippen LogP contribution is -2.37. The molecule has 4 rings (SSSR count). The highest BCUT2D eigenvalue weighted by Crippen LogP contribution is 2.33. The predicted octanol–water partition coefficient (Wildman–Crippen LogP) is 4.43. The standard InChI is InChI=1S/C25H23N3O4/c1-31-24(29)20-9-7-19(8-10-20)23-15-21(22-11-13-26-17-27-22)12-14-28(23)25(30)32-16-18-5-3-2-4-6-18/h2-11,13,15,17,23H,12,14,16H2,1H3/t23-/m0/s1. The first kappa shape index (κ1) is 21.2. The number of aromatic nitrogens is 2. The minimum atomic E-state index is -0.406. The van der Waals surface area contributed by atoms with E-state index in [0.29, 0.717) is 18.5 Å². The van der Waals surface area contributed by atoms with E-state index < -0.39 is 12.1 Å². The fourth-order valence-corrected chi connectivity index (χ4v) is 3.66. The highest BCUT2D eigenvalue weighted by Gasteiger charge is 2.29. The van der Waals surface area contributed by atoms with Crippen LogP contribution in [0, 0.1) is 0 Å². The first-order valence-corrected chi connectivity index (χ1v) is 10.3. The van der Waals surface area contributed by atoms with Crippen LogP contribution in [-0.4, -0.2) is 40.6 Å². The van der Waals surface area contributed by atoms with Gasteiger partial charge in [0.2, 0.25) is 0 Å². The molecule has 1 aliphatic rings. The van der Waals surface area contributed by atoms with Crippen LogP contribution in [0.3, 0.4) is 0 Å². The molecule has 162 valence electrons. The normalized spacial score (nSPS) is 15.6. The number of benzene rings is 2. The lowest BCUT2D eigenvalue weighted by molar-refractivity contribution is 0.0600. The molecule has 0 saturated carbocycles. The molecule has 1 amide bonds. The predicted molar refractivity (Wildman–Crippen MR) is 118 cm³/mol. The molecular weight excluding hydrogens is 406 g/mol. The van der Waals surface area contributed by atoms with Crippen molar-refractivity contribution in [3.05, 3.63) is 102 Å². The fourth-order valence-electron chi connectivity index (χ4n) is 3.66. The molecule has 0 aliphatic carbocycles. The van der Waals surface area contributed by atoms with Crippen molar-refractivity contribution < 1.29 is 19.1 Å². The highest BCUT2D eigenvalue weighted by atomic mass is 16.6. The Bertz CT molecular complexity index is 1100. The fraction of sp³-hybridized carbons (Fsp3) is 0.200. The van der Waals surface area contributed by atoms with E-state index in [-0.39, 0.29) is 12.6 Å². The van der Waals surface area contributed by atoms with Gasteiger partial charge in [-0.05, 0) is 41.3 Å². The summed E-state index contributed by atoms with van der Waals surface area (Å²) in [5, 5.41) is 0. The van der Waals surface area contributed by atoms with E-state index in [1.165, 1.54) is 13.4 Å². The summed E-state index contributed by atoms with van der Waals surface area (Å²) in [6, 6.07) is 18.1. The van der Waals surface area contributed by atoms with Crippen molar-refractivity contribution in [1.29, 1.82) is 0 Å². The Morgan fingerprint density at radius 1 is 1.06 bits per heavy atom. The summed E-state index contributed by atoms with van der Waals surface area (Å²) in [5.74, 6) is -0.406. The van der Waals surface area contributed by atoms with E-state index >= 15 is 0 Å². The molecule has 2 aromatic carbocycles. The van der Waals surface area contributed by atoms with E-state index in [0.717, 1.165) is 22.4 Å². The number of carbonyl (C=O) groups excluding carboxylic acids is 2. The summed E-state index contributed by atoms with van der Waals surface area (Å²) in [5.41, 5.74) is 4.09. The Morgan fingerprint density at radius 2 is 1.84 bits per heavy atom. The number of methoxy groups -OCH3 is 1. The number of hydrogen-bond acceptors (Lipinski definition) is 6. The second kappa shape index (κ2) is 9.87. The number of carbonyl (C=O) groups is 2. The summed E-state index contributed by atoms with van der Waals surface area (Å²) in [4.78, 5) is 34.8. The highest BCUT2D eigenvalue weighted by molar-refractivity contribution is 5.89. The third-order valence-electron chi connectivity index (χ3n) is 5.34. The van der Waals surface area contributed by atoms with Crippen LogP contribution in [0.25, 0.3) is 5.57 Å². The summed E-state index contributed by atoms with van der Waals surface area (Å²) >= 11 is 0. The number of amides is 1. The van der Waals surface area contributed by atoms with Gasteiger partial charge in [-0.2, -0.15) is 0 Å². The Morgan fingerprint density at radius 3 is 2.53 bits per heavy atom. The molecule has 1 aromatic heterocycles. The smallest absolute Gasteiger partial charge is 0.410 e. The number of esters is 1. The van der Waals surface area contributed by atoms with E-state index in [4.69, 9.17) is 9.47 Å². The molecule has 0 unspecified atom stereocenters. The van der Waals surface area contributed by atoms with Gasteiger partial charge in [0.25, 0.3) is 0 Å². The van der Waals surface area contributed by atoms with Crippen molar-refractivity contribution in [2.24, 2.45) is 0 Å². The molecule has 1 atom stereocenters.